The Kier molecular flexibility index (Phi) is 3.02. The molecule has 0 N–H and O–H groups in total. The van der Waals surface area contributed by atoms with Gasteiger partial charge in [0, 0.05) is 11.3 Å². The van der Waals surface area contributed by atoms with Crippen LogP contribution in [0.4, 0.5) is 5.69 Å². The van der Waals surface area contributed by atoms with Crippen LogP contribution >= 0.6 is 0 Å². The third-order valence-electron chi connectivity index (χ3n) is 4.98. The monoisotopic (exact) mass is 333 g/mol. The normalized spacial score (nSPS) is 26.9. The number of carbonyl (C=O) groups is 2. The summed E-state index contributed by atoms with van der Waals surface area (Å²) in [5.41, 5.74) is -0.318. The standard InChI is InChI=1S/C19H14N2O4/c1-18(19(11-20,25-18)17(23)24)13-6-8-14(9-7-13)21-10-12-4-2-3-5-15(12)16(21)22/h2-9H,10H2,1H3,(H,23,24)/p-1/t18-,19+/m0/s1. The van der Waals surface area contributed by atoms with E-state index in [0.717, 1.165) is 5.56 Å². The minimum atomic E-state index is -1.96. The summed E-state index contributed by atoms with van der Waals surface area (Å²) < 4.78 is 5.22. The number of carbonyl (C=O) groups excluding carboxylic acids is 2. The van der Waals surface area contributed by atoms with Gasteiger partial charge in [0.2, 0.25) is 5.60 Å². The van der Waals surface area contributed by atoms with Gasteiger partial charge in [-0.1, -0.05) is 30.3 Å². The summed E-state index contributed by atoms with van der Waals surface area (Å²) in [5, 5.41) is 20.4. The summed E-state index contributed by atoms with van der Waals surface area (Å²) in [5.74, 6) is -1.62. The van der Waals surface area contributed by atoms with Crippen molar-refractivity contribution < 1.29 is 19.4 Å². The average Bonchev–Trinajstić information content (AvgIpc) is 3.14. The highest BCUT2D eigenvalue weighted by Crippen LogP contribution is 2.55. The van der Waals surface area contributed by atoms with Crippen LogP contribution in [-0.2, 0) is 21.7 Å². The van der Waals surface area contributed by atoms with Crippen molar-refractivity contribution in [3.8, 4) is 6.07 Å². The fraction of sp³-hybridized carbons (Fsp3) is 0.211. The maximum absolute atomic E-state index is 12.5. The molecular formula is C19H13N2O4-. The molecule has 2 aromatic rings. The smallest absolute Gasteiger partial charge is 0.258 e. The minimum absolute atomic E-state index is 0.0710. The molecule has 2 aliphatic rings. The zero-order valence-electron chi connectivity index (χ0n) is 13.4. The number of ether oxygens (including phenoxy) is 1. The number of rotatable bonds is 3. The van der Waals surface area contributed by atoms with Gasteiger partial charge in [0.1, 0.15) is 11.7 Å². The largest absolute Gasteiger partial charge is 0.546 e. The molecule has 0 spiro atoms. The van der Waals surface area contributed by atoms with Crippen LogP contribution in [0.15, 0.2) is 48.5 Å². The van der Waals surface area contributed by atoms with Crippen molar-refractivity contribution in [1.29, 1.82) is 5.26 Å². The van der Waals surface area contributed by atoms with Gasteiger partial charge in [-0.2, -0.15) is 5.26 Å². The Hall–Kier alpha value is -3.17. The second-order valence-electron chi connectivity index (χ2n) is 6.31. The highest BCUT2D eigenvalue weighted by atomic mass is 16.6. The summed E-state index contributed by atoms with van der Waals surface area (Å²) in [6, 6.07) is 15.9. The van der Waals surface area contributed by atoms with Gasteiger partial charge in [0.25, 0.3) is 5.91 Å². The molecule has 1 fully saturated rings. The molecule has 6 nitrogen and oxygen atoms in total. The number of epoxide rings is 1. The van der Waals surface area contributed by atoms with Crippen molar-refractivity contribution in [2.24, 2.45) is 0 Å². The lowest BCUT2D eigenvalue weighted by molar-refractivity contribution is -0.310. The highest BCUT2D eigenvalue weighted by Gasteiger charge is 2.70. The Morgan fingerprint density at radius 1 is 1.24 bits per heavy atom. The van der Waals surface area contributed by atoms with Crippen LogP contribution in [0.5, 0.6) is 0 Å². The molecular weight excluding hydrogens is 320 g/mol. The lowest BCUT2D eigenvalue weighted by Gasteiger charge is -2.17. The average molecular weight is 333 g/mol. The lowest BCUT2D eigenvalue weighted by Crippen LogP contribution is -2.41. The van der Waals surface area contributed by atoms with Gasteiger partial charge in [-0.3, -0.25) is 4.79 Å². The lowest BCUT2D eigenvalue weighted by atomic mass is 9.88. The predicted molar refractivity (Wildman–Crippen MR) is 85.2 cm³/mol. The third kappa shape index (κ3) is 1.93. The van der Waals surface area contributed by atoms with Gasteiger partial charge < -0.3 is 19.5 Å². The van der Waals surface area contributed by atoms with E-state index in [9.17, 15) is 14.7 Å². The quantitative estimate of drug-likeness (QED) is 0.784. The molecule has 1 saturated heterocycles. The predicted octanol–water partition coefficient (Wildman–Crippen LogP) is 1.10. The minimum Gasteiger partial charge on any atom is -0.546 e. The van der Waals surface area contributed by atoms with Crippen molar-refractivity contribution in [1.82, 2.24) is 0 Å². The second-order valence-corrected chi connectivity index (χ2v) is 6.31. The Bertz CT molecular complexity index is 947. The van der Waals surface area contributed by atoms with Crippen molar-refractivity contribution >= 4 is 17.6 Å². The number of carboxylic acids is 1. The highest BCUT2D eigenvalue weighted by molar-refractivity contribution is 6.10. The zero-order chi connectivity index (χ0) is 17.8. The molecule has 2 aromatic carbocycles. The number of hydrogen-bond acceptors (Lipinski definition) is 5. The van der Waals surface area contributed by atoms with Crippen molar-refractivity contribution in [3.63, 3.8) is 0 Å². The molecule has 0 saturated carbocycles. The van der Waals surface area contributed by atoms with E-state index in [0.29, 0.717) is 23.4 Å². The summed E-state index contributed by atoms with van der Waals surface area (Å²) in [7, 11) is 0. The van der Waals surface area contributed by atoms with Gasteiger partial charge in [0.15, 0.2) is 0 Å². The number of hydrogen-bond donors (Lipinski definition) is 0. The first-order valence-electron chi connectivity index (χ1n) is 7.76. The molecule has 0 aromatic heterocycles. The van der Waals surface area contributed by atoms with E-state index in [4.69, 9.17) is 10.00 Å². The van der Waals surface area contributed by atoms with Gasteiger partial charge >= 0.3 is 0 Å². The molecule has 0 radical (unpaired) electrons. The number of anilines is 1. The molecule has 1 amide bonds. The van der Waals surface area contributed by atoms with Crippen molar-refractivity contribution in [2.75, 3.05) is 4.90 Å². The molecule has 2 aliphatic heterocycles. The molecule has 25 heavy (non-hydrogen) atoms. The van der Waals surface area contributed by atoms with E-state index in [1.807, 2.05) is 18.2 Å². The Morgan fingerprint density at radius 3 is 2.48 bits per heavy atom. The fourth-order valence-electron chi connectivity index (χ4n) is 3.38. The first-order valence-corrected chi connectivity index (χ1v) is 7.76. The number of benzene rings is 2. The van der Waals surface area contributed by atoms with Crippen molar-refractivity contribution in [2.45, 2.75) is 24.7 Å². The first kappa shape index (κ1) is 15.4. The SMILES string of the molecule is C[C@@]1(c2ccc(N3Cc4ccccc4C3=O)cc2)O[C@]1(C#N)C(=O)[O-]. The Labute approximate surface area is 143 Å². The maximum atomic E-state index is 12.5. The summed E-state index contributed by atoms with van der Waals surface area (Å²) >= 11 is 0. The fourth-order valence-corrected chi connectivity index (χ4v) is 3.38. The van der Waals surface area contributed by atoms with Crippen LogP contribution < -0.4 is 10.0 Å². The van der Waals surface area contributed by atoms with Crippen LogP contribution in [0.1, 0.15) is 28.4 Å². The van der Waals surface area contributed by atoms with Crippen LogP contribution in [-0.4, -0.2) is 17.5 Å². The van der Waals surface area contributed by atoms with E-state index in [2.05, 4.69) is 0 Å². The number of amides is 1. The molecule has 2 heterocycles. The topological polar surface area (TPSA) is 96.8 Å². The number of fused-ring (bicyclic) bond motifs is 1. The summed E-state index contributed by atoms with van der Waals surface area (Å²) in [6.45, 7) is 2.03. The van der Waals surface area contributed by atoms with Gasteiger partial charge in [-0.15, -0.1) is 0 Å². The van der Waals surface area contributed by atoms with E-state index in [-0.39, 0.29) is 5.91 Å². The molecule has 0 aliphatic carbocycles. The Morgan fingerprint density at radius 2 is 1.92 bits per heavy atom. The molecule has 6 heteroatoms. The molecule has 0 unspecified atom stereocenters. The van der Waals surface area contributed by atoms with Gasteiger partial charge in [0.05, 0.1) is 12.5 Å². The van der Waals surface area contributed by atoms with Crippen molar-refractivity contribution in [3.05, 3.63) is 65.2 Å². The van der Waals surface area contributed by atoms with E-state index in [1.165, 1.54) is 6.92 Å². The van der Waals surface area contributed by atoms with E-state index in [1.54, 1.807) is 41.3 Å². The number of nitriles is 1. The molecule has 124 valence electrons. The van der Waals surface area contributed by atoms with Gasteiger partial charge in [-0.25, -0.2) is 0 Å². The number of aliphatic carboxylic acids is 1. The van der Waals surface area contributed by atoms with E-state index >= 15 is 0 Å². The second kappa shape index (κ2) is 4.91. The summed E-state index contributed by atoms with van der Waals surface area (Å²) in [6.07, 6.45) is 0. The third-order valence-corrected chi connectivity index (χ3v) is 4.98. The van der Waals surface area contributed by atoms with E-state index < -0.39 is 17.2 Å². The number of nitrogens with zero attached hydrogens (tertiary/aromatic N) is 2. The first-order chi connectivity index (χ1) is 11.9. The Balaban J connectivity index is 1.62. The van der Waals surface area contributed by atoms with Crippen LogP contribution in [0.2, 0.25) is 0 Å². The molecule has 2 atom stereocenters. The molecule has 0 bridgehead atoms. The van der Waals surface area contributed by atoms with Crippen LogP contribution in [0, 0.1) is 11.3 Å². The van der Waals surface area contributed by atoms with Crippen LogP contribution in [0.25, 0.3) is 0 Å². The molecule has 4 rings (SSSR count). The maximum Gasteiger partial charge on any atom is 0.258 e. The summed E-state index contributed by atoms with van der Waals surface area (Å²) in [4.78, 5) is 25.4. The zero-order valence-corrected chi connectivity index (χ0v) is 13.4. The van der Waals surface area contributed by atoms with Crippen LogP contribution in [0.3, 0.4) is 0 Å². The van der Waals surface area contributed by atoms with Gasteiger partial charge in [-0.05, 0) is 36.2 Å². The number of carboxylic acid groups (broad SMARTS) is 1.